The van der Waals surface area contributed by atoms with Crippen molar-refractivity contribution in [3.8, 4) is 0 Å². The zero-order chi connectivity index (χ0) is 16.8. The molecule has 1 aliphatic heterocycles. The van der Waals surface area contributed by atoms with E-state index in [0.29, 0.717) is 5.92 Å². The van der Waals surface area contributed by atoms with Crippen LogP contribution >= 0.6 is 12.2 Å². The Morgan fingerprint density at radius 1 is 1.08 bits per heavy atom. The lowest BCUT2D eigenvalue weighted by molar-refractivity contribution is 0.310. The number of hydrogen-bond donors (Lipinski definition) is 0. The number of nitrogens with zero attached hydrogens (tertiary/aromatic N) is 2. The Labute approximate surface area is 149 Å². The van der Waals surface area contributed by atoms with Gasteiger partial charge in [-0.05, 0) is 50.8 Å². The van der Waals surface area contributed by atoms with E-state index in [0.717, 1.165) is 17.8 Å². The van der Waals surface area contributed by atoms with Crippen LogP contribution in [0.5, 0.6) is 0 Å². The molecule has 2 aromatic carbocycles. The van der Waals surface area contributed by atoms with E-state index in [-0.39, 0.29) is 6.04 Å². The Morgan fingerprint density at radius 2 is 1.79 bits per heavy atom. The van der Waals surface area contributed by atoms with Crippen LogP contribution in [0.2, 0.25) is 0 Å². The number of hydrogen-bond acceptors (Lipinski definition) is 2. The van der Waals surface area contributed by atoms with Gasteiger partial charge in [0.05, 0.1) is 16.7 Å². The summed E-state index contributed by atoms with van der Waals surface area (Å²) < 4.78 is 0. The summed E-state index contributed by atoms with van der Waals surface area (Å²) in [6.07, 6.45) is 2.25. The molecule has 0 amide bonds. The molecule has 0 spiro atoms. The molecule has 24 heavy (non-hydrogen) atoms. The molecule has 1 heterocycles. The van der Waals surface area contributed by atoms with Gasteiger partial charge < -0.3 is 0 Å². The summed E-state index contributed by atoms with van der Waals surface area (Å²) in [5.41, 5.74) is 7.85. The van der Waals surface area contributed by atoms with Crippen LogP contribution < -0.4 is 0 Å². The maximum Gasteiger partial charge on any atom is 0.0970 e. The lowest BCUT2D eigenvalue weighted by atomic mass is 9.77. The molecule has 0 radical (unpaired) electrons. The zero-order valence-corrected chi connectivity index (χ0v) is 15.2. The van der Waals surface area contributed by atoms with Crippen LogP contribution in [0.3, 0.4) is 0 Å². The van der Waals surface area contributed by atoms with Crippen LogP contribution in [0.25, 0.3) is 0 Å². The van der Waals surface area contributed by atoms with E-state index in [9.17, 15) is 0 Å². The van der Waals surface area contributed by atoms with E-state index in [2.05, 4.69) is 61.3 Å². The largest absolute Gasteiger partial charge is 0.251 e. The average Bonchev–Trinajstić information content (AvgIpc) is 2.96. The first-order valence-electron chi connectivity index (χ1n) is 8.59. The molecule has 2 aromatic rings. The van der Waals surface area contributed by atoms with Crippen molar-refractivity contribution in [1.29, 1.82) is 0 Å². The molecule has 0 N–H and O–H groups in total. The van der Waals surface area contributed by atoms with Gasteiger partial charge in [-0.1, -0.05) is 59.7 Å². The van der Waals surface area contributed by atoms with Crippen molar-refractivity contribution >= 4 is 22.9 Å². The second kappa shape index (κ2) is 5.82. The lowest BCUT2D eigenvalue weighted by Crippen LogP contribution is -2.30. The van der Waals surface area contributed by atoms with E-state index >= 15 is 0 Å². The third-order valence-corrected chi connectivity index (χ3v) is 5.41. The number of hydrazone groups is 1. The first-order chi connectivity index (χ1) is 11.5. The normalized spacial score (nSPS) is 22.0. The van der Waals surface area contributed by atoms with Crippen molar-refractivity contribution in [3.05, 3.63) is 70.3 Å². The van der Waals surface area contributed by atoms with Gasteiger partial charge in [-0.25, -0.2) is 0 Å². The monoisotopic (exact) mass is 334 g/mol. The van der Waals surface area contributed by atoms with Crippen molar-refractivity contribution in [2.45, 2.75) is 39.7 Å². The average molecular weight is 334 g/mol. The fraction of sp³-hybridized carbons (Fsp3) is 0.333. The molecular weight excluding hydrogens is 312 g/mol. The van der Waals surface area contributed by atoms with Crippen LogP contribution in [0.15, 0.2) is 47.6 Å². The van der Waals surface area contributed by atoms with E-state index in [1.165, 1.54) is 33.5 Å². The van der Waals surface area contributed by atoms with Crippen molar-refractivity contribution in [3.63, 3.8) is 0 Å². The Kier molecular flexibility index (Phi) is 3.76. The van der Waals surface area contributed by atoms with Gasteiger partial charge in [-0.2, -0.15) is 5.10 Å². The smallest absolute Gasteiger partial charge is 0.0970 e. The van der Waals surface area contributed by atoms with Gasteiger partial charge in [-0.3, -0.25) is 5.01 Å². The molecule has 2 aliphatic rings. The number of thiocarbonyl (C=S) groups is 1. The molecule has 2 atom stereocenters. The lowest BCUT2D eigenvalue weighted by Gasteiger charge is -2.30. The van der Waals surface area contributed by atoms with Crippen LogP contribution in [0.1, 0.15) is 47.2 Å². The maximum absolute atomic E-state index is 5.52. The number of benzene rings is 2. The summed E-state index contributed by atoms with van der Waals surface area (Å²) >= 11 is 5.52. The molecule has 0 fully saturated rings. The summed E-state index contributed by atoms with van der Waals surface area (Å²) in [4.78, 5) is 0.844. The molecule has 4 rings (SSSR count). The third-order valence-electron chi connectivity index (χ3n) is 5.22. The Balaban J connectivity index is 1.81. The minimum Gasteiger partial charge on any atom is -0.251 e. The Hall–Kier alpha value is -2.00. The van der Waals surface area contributed by atoms with Crippen molar-refractivity contribution < 1.29 is 0 Å². The number of fused-ring (bicyclic) bond motifs is 3. The first-order valence-corrected chi connectivity index (χ1v) is 9.00. The fourth-order valence-corrected chi connectivity index (χ4v) is 4.14. The Bertz CT molecular complexity index is 835. The van der Waals surface area contributed by atoms with Crippen molar-refractivity contribution in [2.24, 2.45) is 11.0 Å². The van der Waals surface area contributed by atoms with Crippen LogP contribution in [-0.2, 0) is 6.42 Å². The van der Waals surface area contributed by atoms with Crippen molar-refractivity contribution in [1.82, 2.24) is 5.01 Å². The van der Waals surface area contributed by atoms with Crippen LogP contribution in [-0.4, -0.2) is 15.7 Å². The summed E-state index contributed by atoms with van der Waals surface area (Å²) in [5.74, 6) is 0.417. The minimum atomic E-state index is 0.228. The maximum atomic E-state index is 5.52. The third kappa shape index (κ3) is 2.48. The molecule has 122 valence electrons. The second-order valence-electron chi connectivity index (χ2n) is 7.01. The highest BCUT2D eigenvalue weighted by Gasteiger charge is 2.42. The van der Waals surface area contributed by atoms with Gasteiger partial charge in [0.25, 0.3) is 0 Å². The predicted octanol–water partition coefficient (Wildman–Crippen LogP) is 4.97. The summed E-state index contributed by atoms with van der Waals surface area (Å²) in [6, 6.07) is 15.8. The molecular formula is C21H22N2S. The number of rotatable bonds is 1. The molecule has 0 aromatic heterocycles. The highest BCUT2D eigenvalue weighted by atomic mass is 32.1. The Morgan fingerprint density at radius 3 is 2.50 bits per heavy atom. The van der Waals surface area contributed by atoms with Gasteiger partial charge in [-0.15, -0.1) is 0 Å². The summed E-state index contributed by atoms with van der Waals surface area (Å²) in [6.45, 7) is 6.26. The first kappa shape index (κ1) is 15.5. The van der Waals surface area contributed by atoms with E-state index in [4.69, 9.17) is 17.3 Å². The van der Waals surface area contributed by atoms with Gasteiger partial charge in [0, 0.05) is 11.5 Å². The highest BCUT2D eigenvalue weighted by molar-refractivity contribution is 7.80. The molecule has 0 saturated heterocycles. The van der Waals surface area contributed by atoms with Gasteiger partial charge in [0.15, 0.2) is 0 Å². The molecule has 0 saturated carbocycles. The molecule has 0 bridgehead atoms. The SMILES string of the molecule is CC(=S)N1N=C2c3cc(C)ccc3CC[C@H]2[C@H]1c1ccc(C)cc1. The quantitative estimate of drug-likeness (QED) is 0.684. The van der Waals surface area contributed by atoms with Crippen LogP contribution in [0.4, 0.5) is 0 Å². The molecule has 0 unspecified atom stereocenters. The topological polar surface area (TPSA) is 15.6 Å². The summed E-state index contributed by atoms with van der Waals surface area (Å²) in [7, 11) is 0. The predicted molar refractivity (Wildman–Crippen MR) is 104 cm³/mol. The fourth-order valence-electron chi connectivity index (χ4n) is 3.98. The van der Waals surface area contributed by atoms with Crippen molar-refractivity contribution in [2.75, 3.05) is 0 Å². The number of aryl methyl sites for hydroxylation is 3. The molecule has 1 aliphatic carbocycles. The zero-order valence-electron chi connectivity index (χ0n) is 14.4. The molecule has 2 nitrogen and oxygen atoms in total. The van der Waals surface area contributed by atoms with E-state index in [1.54, 1.807) is 0 Å². The van der Waals surface area contributed by atoms with Gasteiger partial charge in [0.2, 0.25) is 0 Å². The van der Waals surface area contributed by atoms with E-state index < -0.39 is 0 Å². The molecule has 3 heteroatoms. The standard InChI is InChI=1S/C21H22N2S/c1-13-4-8-17(9-5-13)21-18-11-10-16-7-6-14(2)12-19(16)20(18)22-23(21)15(3)24/h4-9,12,18,21H,10-11H2,1-3H3/t18-,21-/m1/s1. The van der Waals surface area contributed by atoms with Crippen LogP contribution in [0, 0.1) is 19.8 Å². The van der Waals surface area contributed by atoms with Gasteiger partial charge in [0.1, 0.15) is 0 Å². The minimum absolute atomic E-state index is 0.228. The summed E-state index contributed by atoms with van der Waals surface area (Å²) in [5, 5.41) is 7.05. The van der Waals surface area contributed by atoms with Gasteiger partial charge >= 0.3 is 0 Å². The highest BCUT2D eigenvalue weighted by Crippen LogP contribution is 2.43. The van der Waals surface area contributed by atoms with E-state index in [1.807, 2.05) is 6.92 Å². The second-order valence-corrected chi connectivity index (χ2v) is 7.60.